The Morgan fingerprint density at radius 2 is 1.41 bits per heavy atom. The van der Waals surface area contributed by atoms with Gasteiger partial charge in [-0.25, -0.2) is 0 Å². The first-order chi connectivity index (χ1) is 10.7. The van der Waals surface area contributed by atoms with Crippen LogP contribution >= 0.6 is 0 Å². The summed E-state index contributed by atoms with van der Waals surface area (Å²) in [5, 5.41) is 9.70. The highest BCUT2D eigenvalue weighted by atomic mass is 16.3. The lowest BCUT2D eigenvalue weighted by Crippen LogP contribution is -2.45. The smallest absolute Gasteiger partial charge is 0.116 e. The lowest BCUT2D eigenvalue weighted by Gasteiger charge is -2.34. The molecule has 1 saturated heterocycles. The Bertz CT molecular complexity index is 584. The fourth-order valence-electron chi connectivity index (χ4n) is 3.14. The molecular formula is C19H24N2O. The summed E-state index contributed by atoms with van der Waals surface area (Å²) in [4.78, 5) is 4.98. The van der Waals surface area contributed by atoms with Gasteiger partial charge in [-0.3, -0.25) is 9.80 Å². The topological polar surface area (TPSA) is 26.7 Å². The number of aryl methyl sites for hydroxylation is 1. The van der Waals surface area contributed by atoms with E-state index >= 15 is 0 Å². The van der Waals surface area contributed by atoms with Gasteiger partial charge in [-0.15, -0.1) is 0 Å². The first-order valence-electron chi connectivity index (χ1n) is 7.97. The van der Waals surface area contributed by atoms with Crippen molar-refractivity contribution in [1.29, 1.82) is 0 Å². The van der Waals surface area contributed by atoms with Crippen LogP contribution in [0.4, 0.5) is 0 Å². The molecule has 1 aliphatic heterocycles. The summed E-state index contributed by atoms with van der Waals surface area (Å²) in [5.41, 5.74) is 3.71. The third-order valence-electron chi connectivity index (χ3n) is 4.24. The molecule has 3 rings (SSSR count). The number of piperazine rings is 1. The molecule has 1 aliphatic rings. The summed E-state index contributed by atoms with van der Waals surface area (Å²) in [7, 11) is 0. The molecule has 3 nitrogen and oxygen atoms in total. The second-order valence-electron chi connectivity index (χ2n) is 6.21. The van der Waals surface area contributed by atoms with Crippen molar-refractivity contribution < 1.29 is 5.11 Å². The Morgan fingerprint density at radius 3 is 2.00 bits per heavy atom. The lowest BCUT2D eigenvalue weighted by atomic mass is 10.1. The van der Waals surface area contributed by atoms with Crippen LogP contribution in [-0.4, -0.2) is 41.1 Å². The zero-order chi connectivity index (χ0) is 15.4. The second-order valence-corrected chi connectivity index (χ2v) is 6.21. The van der Waals surface area contributed by atoms with Crippen molar-refractivity contribution in [2.24, 2.45) is 0 Å². The van der Waals surface area contributed by atoms with E-state index in [0.717, 1.165) is 44.8 Å². The van der Waals surface area contributed by atoms with Crippen molar-refractivity contribution in [3.63, 3.8) is 0 Å². The van der Waals surface area contributed by atoms with Crippen LogP contribution in [0.2, 0.25) is 0 Å². The average molecular weight is 296 g/mol. The Balaban J connectivity index is 1.51. The quantitative estimate of drug-likeness (QED) is 0.939. The van der Waals surface area contributed by atoms with Gasteiger partial charge in [0.15, 0.2) is 0 Å². The van der Waals surface area contributed by atoms with E-state index in [0.29, 0.717) is 5.75 Å². The van der Waals surface area contributed by atoms with Crippen molar-refractivity contribution in [3.05, 3.63) is 65.2 Å². The van der Waals surface area contributed by atoms with Crippen LogP contribution in [-0.2, 0) is 13.1 Å². The van der Waals surface area contributed by atoms with E-state index in [4.69, 9.17) is 0 Å². The van der Waals surface area contributed by atoms with E-state index < -0.39 is 0 Å². The minimum absolute atomic E-state index is 0.373. The molecule has 1 fully saturated rings. The predicted octanol–water partition coefficient (Wildman–Crippen LogP) is 3.02. The maximum absolute atomic E-state index is 9.70. The van der Waals surface area contributed by atoms with Gasteiger partial charge in [-0.1, -0.05) is 36.4 Å². The molecule has 0 aliphatic carbocycles. The summed E-state index contributed by atoms with van der Waals surface area (Å²) in [6.07, 6.45) is 0. The van der Waals surface area contributed by atoms with Crippen molar-refractivity contribution in [2.75, 3.05) is 26.2 Å². The number of phenols is 1. The second kappa shape index (κ2) is 6.95. The fraction of sp³-hybridized carbons (Fsp3) is 0.368. The molecule has 2 aromatic carbocycles. The Labute approximate surface area is 132 Å². The van der Waals surface area contributed by atoms with Crippen LogP contribution in [0.1, 0.15) is 16.7 Å². The van der Waals surface area contributed by atoms with Gasteiger partial charge in [0.2, 0.25) is 0 Å². The predicted molar refractivity (Wildman–Crippen MR) is 89.8 cm³/mol. The SMILES string of the molecule is Cc1cc(O)cc(CN2CCN(Cc3ccccc3)CC2)c1. The molecule has 0 aromatic heterocycles. The standard InChI is InChI=1S/C19H24N2O/c1-16-11-18(13-19(22)12-16)15-21-9-7-20(8-10-21)14-17-5-3-2-4-6-17/h2-6,11-13,22H,7-10,14-15H2,1H3. The van der Waals surface area contributed by atoms with Gasteiger partial charge in [0, 0.05) is 39.3 Å². The highest BCUT2D eigenvalue weighted by molar-refractivity contribution is 5.32. The number of hydrogen-bond donors (Lipinski definition) is 1. The molecule has 1 heterocycles. The highest BCUT2D eigenvalue weighted by Gasteiger charge is 2.17. The number of hydrogen-bond acceptors (Lipinski definition) is 3. The summed E-state index contributed by atoms with van der Waals surface area (Å²) in [5.74, 6) is 0.373. The van der Waals surface area contributed by atoms with Gasteiger partial charge in [0.25, 0.3) is 0 Å². The lowest BCUT2D eigenvalue weighted by molar-refractivity contribution is 0.122. The van der Waals surface area contributed by atoms with Gasteiger partial charge >= 0.3 is 0 Å². The van der Waals surface area contributed by atoms with Crippen LogP contribution in [0.5, 0.6) is 5.75 Å². The van der Waals surface area contributed by atoms with E-state index in [2.05, 4.69) is 46.2 Å². The number of benzene rings is 2. The molecule has 2 aromatic rings. The van der Waals surface area contributed by atoms with E-state index in [-0.39, 0.29) is 0 Å². The maximum Gasteiger partial charge on any atom is 0.116 e. The highest BCUT2D eigenvalue weighted by Crippen LogP contribution is 2.17. The van der Waals surface area contributed by atoms with E-state index in [1.54, 1.807) is 6.07 Å². The normalized spacial score (nSPS) is 16.8. The van der Waals surface area contributed by atoms with Gasteiger partial charge in [-0.05, 0) is 35.7 Å². The van der Waals surface area contributed by atoms with Crippen molar-refractivity contribution in [2.45, 2.75) is 20.0 Å². The Morgan fingerprint density at radius 1 is 0.818 bits per heavy atom. The van der Waals surface area contributed by atoms with Crippen LogP contribution < -0.4 is 0 Å². The average Bonchev–Trinajstić information content (AvgIpc) is 2.49. The van der Waals surface area contributed by atoms with E-state index in [1.807, 2.05) is 13.0 Å². The molecule has 0 amide bonds. The minimum atomic E-state index is 0.373. The molecule has 22 heavy (non-hydrogen) atoms. The number of rotatable bonds is 4. The molecule has 116 valence electrons. The van der Waals surface area contributed by atoms with E-state index in [9.17, 15) is 5.11 Å². The summed E-state index contributed by atoms with van der Waals surface area (Å²) < 4.78 is 0. The Kier molecular flexibility index (Phi) is 4.76. The molecule has 0 saturated carbocycles. The first-order valence-corrected chi connectivity index (χ1v) is 7.97. The van der Waals surface area contributed by atoms with Gasteiger partial charge < -0.3 is 5.11 Å². The molecule has 0 spiro atoms. The van der Waals surface area contributed by atoms with Crippen LogP contribution in [0, 0.1) is 6.92 Å². The summed E-state index contributed by atoms with van der Waals surface area (Å²) >= 11 is 0. The van der Waals surface area contributed by atoms with Crippen molar-refractivity contribution in [3.8, 4) is 5.75 Å². The van der Waals surface area contributed by atoms with Crippen LogP contribution in [0.25, 0.3) is 0 Å². The fourth-order valence-corrected chi connectivity index (χ4v) is 3.14. The number of phenolic OH excluding ortho intramolecular Hbond substituents is 1. The van der Waals surface area contributed by atoms with Crippen LogP contribution in [0.15, 0.2) is 48.5 Å². The zero-order valence-electron chi connectivity index (χ0n) is 13.2. The third-order valence-corrected chi connectivity index (χ3v) is 4.24. The number of nitrogens with zero attached hydrogens (tertiary/aromatic N) is 2. The monoisotopic (exact) mass is 296 g/mol. The van der Waals surface area contributed by atoms with Gasteiger partial charge in [0.05, 0.1) is 0 Å². The Hall–Kier alpha value is -1.84. The zero-order valence-corrected chi connectivity index (χ0v) is 13.2. The molecule has 3 heteroatoms. The molecule has 1 N–H and O–H groups in total. The number of aromatic hydroxyl groups is 1. The maximum atomic E-state index is 9.70. The largest absolute Gasteiger partial charge is 0.508 e. The van der Waals surface area contributed by atoms with Crippen molar-refractivity contribution >= 4 is 0 Å². The van der Waals surface area contributed by atoms with Crippen molar-refractivity contribution in [1.82, 2.24) is 9.80 Å². The molecular weight excluding hydrogens is 272 g/mol. The molecule has 0 radical (unpaired) electrons. The first kappa shape index (κ1) is 15.1. The van der Waals surface area contributed by atoms with E-state index in [1.165, 1.54) is 11.1 Å². The van der Waals surface area contributed by atoms with Gasteiger partial charge in [0.1, 0.15) is 5.75 Å². The summed E-state index contributed by atoms with van der Waals surface area (Å²) in [6, 6.07) is 16.5. The molecule has 0 atom stereocenters. The van der Waals surface area contributed by atoms with Crippen LogP contribution in [0.3, 0.4) is 0 Å². The van der Waals surface area contributed by atoms with Gasteiger partial charge in [-0.2, -0.15) is 0 Å². The minimum Gasteiger partial charge on any atom is -0.508 e. The third kappa shape index (κ3) is 4.09. The molecule has 0 bridgehead atoms. The molecule has 0 unspecified atom stereocenters. The summed E-state index contributed by atoms with van der Waals surface area (Å²) in [6.45, 7) is 8.37.